The fraction of sp³-hybridized carbons (Fsp3) is 0.348. The van der Waals surface area contributed by atoms with Crippen molar-refractivity contribution in [3.8, 4) is 0 Å². The summed E-state index contributed by atoms with van der Waals surface area (Å²) in [6.07, 6.45) is 7.41. The van der Waals surface area contributed by atoms with Crippen molar-refractivity contribution in [1.29, 1.82) is 0 Å². The van der Waals surface area contributed by atoms with Crippen LogP contribution in [0.2, 0.25) is 0 Å². The predicted octanol–water partition coefficient (Wildman–Crippen LogP) is 2.76. The third-order valence-electron chi connectivity index (χ3n) is 6.21. The molecule has 2 aliphatic rings. The van der Waals surface area contributed by atoms with Gasteiger partial charge in [0, 0.05) is 63.3 Å². The smallest absolute Gasteiger partial charge is 0.255 e. The van der Waals surface area contributed by atoms with Gasteiger partial charge in [-0.1, -0.05) is 30.3 Å². The van der Waals surface area contributed by atoms with Gasteiger partial charge in [-0.3, -0.25) is 19.4 Å². The highest BCUT2D eigenvalue weighted by Gasteiger charge is 2.49. The van der Waals surface area contributed by atoms with Crippen molar-refractivity contribution in [2.45, 2.75) is 12.6 Å². The Labute approximate surface area is 170 Å². The molecule has 1 amide bonds. The number of pyridine rings is 1. The lowest BCUT2D eigenvalue weighted by Gasteiger charge is -2.30. The highest BCUT2D eigenvalue weighted by Crippen LogP contribution is 2.45. The summed E-state index contributed by atoms with van der Waals surface area (Å²) in [5.74, 6) is 1.01. The zero-order valence-corrected chi connectivity index (χ0v) is 16.6. The summed E-state index contributed by atoms with van der Waals surface area (Å²) in [5, 5.41) is 4.29. The monoisotopic (exact) mass is 387 g/mol. The van der Waals surface area contributed by atoms with E-state index in [0.29, 0.717) is 17.4 Å². The van der Waals surface area contributed by atoms with Gasteiger partial charge in [0.05, 0.1) is 17.8 Å². The molecule has 2 fully saturated rings. The molecule has 6 nitrogen and oxygen atoms in total. The minimum absolute atomic E-state index is 0.0835. The van der Waals surface area contributed by atoms with Gasteiger partial charge in [0.1, 0.15) is 0 Å². The first-order valence-electron chi connectivity index (χ1n) is 10.1. The van der Waals surface area contributed by atoms with Crippen LogP contribution < -0.4 is 0 Å². The van der Waals surface area contributed by atoms with Crippen molar-refractivity contribution in [3.63, 3.8) is 0 Å². The minimum Gasteiger partial charge on any atom is -0.331 e. The van der Waals surface area contributed by atoms with Gasteiger partial charge in [-0.25, -0.2) is 0 Å². The fourth-order valence-corrected chi connectivity index (χ4v) is 5.02. The number of aromatic nitrogens is 3. The molecule has 3 aromatic rings. The van der Waals surface area contributed by atoms with Gasteiger partial charge in [0.25, 0.3) is 5.91 Å². The van der Waals surface area contributed by atoms with E-state index in [1.54, 1.807) is 12.4 Å². The zero-order chi connectivity index (χ0) is 19.8. The Kier molecular flexibility index (Phi) is 4.64. The molecule has 148 valence electrons. The molecule has 5 rings (SSSR count). The molecule has 0 unspecified atom stereocenters. The van der Waals surface area contributed by atoms with Crippen LogP contribution >= 0.6 is 0 Å². The number of hydrogen-bond donors (Lipinski definition) is 0. The van der Waals surface area contributed by atoms with Gasteiger partial charge in [-0.05, 0) is 23.6 Å². The molecule has 3 atom stereocenters. The Morgan fingerprint density at radius 2 is 1.93 bits per heavy atom. The maximum absolute atomic E-state index is 13.3. The molecule has 1 aromatic carbocycles. The first kappa shape index (κ1) is 18.1. The lowest BCUT2D eigenvalue weighted by atomic mass is 9.89. The largest absolute Gasteiger partial charge is 0.331 e. The number of aryl methyl sites for hydroxylation is 1. The van der Waals surface area contributed by atoms with Crippen LogP contribution in [0.5, 0.6) is 0 Å². The third kappa shape index (κ3) is 3.44. The predicted molar refractivity (Wildman–Crippen MR) is 110 cm³/mol. The number of nitrogens with zero attached hydrogens (tertiary/aromatic N) is 5. The van der Waals surface area contributed by atoms with Crippen molar-refractivity contribution in [1.82, 2.24) is 24.6 Å². The lowest BCUT2D eigenvalue weighted by molar-refractivity contribution is 0.0699. The first-order chi connectivity index (χ1) is 14.2. The number of amides is 1. The maximum Gasteiger partial charge on any atom is 0.255 e. The summed E-state index contributed by atoms with van der Waals surface area (Å²) in [6, 6.07) is 14.3. The summed E-state index contributed by atoms with van der Waals surface area (Å²) in [4.78, 5) is 22.0. The second-order valence-electron chi connectivity index (χ2n) is 8.20. The molecule has 0 aliphatic carbocycles. The zero-order valence-electron chi connectivity index (χ0n) is 16.6. The van der Waals surface area contributed by atoms with Crippen LogP contribution in [-0.4, -0.2) is 50.1 Å². The van der Waals surface area contributed by atoms with Gasteiger partial charge < -0.3 is 4.90 Å². The Hall–Kier alpha value is -2.99. The summed E-state index contributed by atoms with van der Waals surface area (Å²) in [7, 11) is 1.95. The fourth-order valence-electron chi connectivity index (χ4n) is 5.02. The molecule has 29 heavy (non-hydrogen) atoms. The second-order valence-corrected chi connectivity index (χ2v) is 8.20. The van der Waals surface area contributed by atoms with Crippen molar-refractivity contribution in [2.24, 2.45) is 18.9 Å². The molecule has 2 saturated heterocycles. The van der Waals surface area contributed by atoms with E-state index in [2.05, 4.69) is 50.3 Å². The molecular formula is C23H25N5O. The van der Waals surface area contributed by atoms with E-state index in [1.165, 1.54) is 11.1 Å². The molecule has 0 N–H and O–H groups in total. The van der Waals surface area contributed by atoms with Crippen LogP contribution in [0.25, 0.3) is 0 Å². The highest BCUT2D eigenvalue weighted by atomic mass is 16.2. The number of carbonyl (C=O) groups excluding carboxylic acids is 1. The van der Waals surface area contributed by atoms with E-state index in [4.69, 9.17) is 0 Å². The van der Waals surface area contributed by atoms with E-state index in [9.17, 15) is 4.79 Å². The normalized spacial score (nSPS) is 24.0. The van der Waals surface area contributed by atoms with Gasteiger partial charge in [0.2, 0.25) is 0 Å². The Morgan fingerprint density at radius 3 is 2.66 bits per heavy atom. The number of hydrogen-bond acceptors (Lipinski definition) is 4. The Balaban J connectivity index is 1.40. The number of carbonyl (C=O) groups is 1. The van der Waals surface area contributed by atoms with Crippen LogP contribution in [-0.2, 0) is 13.6 Å². The number of fused-ring (bicyclic) bond motifs is 1. The van der Waals surface area contributed by atoms with Crippen molar-refractivity contribution >= 4 is 5.91 Å². The topological polar surface area (TPSA) is 54.3 Å². The highest BCUT2D eigenvalue weighted by molar-refractivity contribution is 5.94. The van der Waals surface area contributed by atoms with Gasteiger partial charge in [0.15, 0.2) is 0 Å². The summed E-state index contributed by atoms with van der Waals surface area (Å²) < 4.78 is 1.85. The van der Waals surface area contributed by atoms with Crippen LogP contribution in [0.4, 0.5) is 0 Å². The minimum atomic E-state index is 0.0835. The second kappa shape index (κ2) is 7.44. The molecule has 0 radical (unpaired) electrons. The van der Waals surface area contributed by atoms with Crippen LogP contribution in [0.1, 0.15) is 27.5 Å². The molecule has 0 saturated carbocycles. The molecule has 0 bridgehead atoms. The standard InChI is InChI=1S/C23H25N5O/c1-26-12-17(10-25-26)13-27-14-20-15-28(23(29)19-8-5-9-24-11-19)22(21(20)16-27)18-6-3-2-4-7-18/h2-12,20-22H,13-16H2,1H3/t20-,21-,22+/m0/s1. The van der Waals surface area contributed by atoms with Crippen molar-refractivity contribution in [2.75, 3.05) is 19.6 Å². The van der Waals surface area contributed by atoms with E-state index in [1.807, 2.05) is 36.1 Å². The summed E-state index contributed by atoms with van der Waals surface area (Å²) in [6.45, 7) is 3.72. The van der Waals surface area contributed by atoms with Crippen LogP contribution in [0.3, 0.4) is 0 Å². The van der Waals surface area contributed by atoms with E-state index in [-0.39, 0.29) is 11.9 Å². The summed E-state index contributed by atoms with van der Waals surface area (Å²) >= 11 is 0. The van der Waals surface area contributed by atoms with E-state index >= 15 is 0 Å². The van der Waals surface area contributed by atoms with Gasteiger partial charge in [-0.2, -0.15) is 5.10 Å². The molecule has 4 heterocycles. The molecule has 2 aliphatic heterocycles. The van der Waals surface area contributed by atoms with Gasteiger partial charge >= 0.3 is 0 Å². The molecule has 6 heteroatoms. The number of benzene rings is 1. The first-order valence-corrected chi connectivity index (χ1v) is 10.1. The van der Waals surface area contributed by atoms with Gasteiger partial charge in [-0.15, -0.1) is 0 Å². The van der Waals surface area contributed by atoms with Crippen molar-refractivity contribution < 1.29 is 4.79 Å². The number of likely N-dealkylation sites (tertiary alicyclic amines) is 2. The average Bonchev–Trinajstić information content (AvgIpc) is 3.43. The lowest BCUT2D eigenvalue weighted by Crippen LogP contribution is -2.35. The van der Waals surface area contributed by atoms with E-state index in [0.717, 1.165) is 26.2 Å². The van der Waals surface area contributed by atoms with Crippen LogP contribution in [0.15, 0.2) is 67.3 Å². The molecule has 0 spiro atoms. The van der Waals surface area contributed by atoms with Crippen molar-refractivity contribution in [3.05, 3.63) is 83.9 Å². The Bertz CT molecular complexity index is 987. The SMILES string of the molecule is Cn1cc(CN2C[C@H]3CN(C(=O)c4cccnc4)[C@H](c4ccccc4)[C@H]3C2)cn1. The third-order valence-corrected chi connectivity index (χ3v) is 6.21. The molecule has 2 aromatic heterocycles. The molecular weight excluding hydrogens is 362 g/mol. The summed E-state index contributed by atoms with van der Waals surface area (Å²) in [5.41, 5.74) is 3.13. The number of rotatable bonds is 4. The Morgan fingerprint density at radius 1 is 1.07 bits per heavy atom. The van der Waals surface area contributed by atoms with Crippen LogP contribution in [0, 0.1) is 11.8 Å². The maximum atomic E-state index is 13.3. The van der Waals surface area contributed by atoms with E-state index < -0.39 is 0 Å². The quantitative estimate of drug-likeness (QED) is 0.691. The average molecular weight is 387 g/mol.